The number of aromatic nitrogens is 4. The van der Waals surface area contributed by atoms with Crippen LogP contribution in [-0.4, -0.2) is 71.8 Å². The summed E-state index contributed by atoms with van der Waals surface area (Å²) in [5.41, 5.74) is -1.05. The summed E-state index contributed by atoms with van der Waals surface area (Å²) in [6.07, 6.45) is -6.53. The summed E-state index contributed by atoms with van der Waals surface area (Å²) in [4.78, 5) is 54.6. The Kier molecular flexibility index (Phi) is 5.84. The van der Waals surface area contributed by atoms with E-state index in [4.69, 9.17) is 4.74 Å². The van der Waals surface area contributed by atoms with Crippen molar-refractivity contribution in [2.75, 3.05) is 11.9 Å². The first kappa shape index (κ1) is 21.5. The van der Waals surface area contributed by atoms with Gasteiger partial charge in [0.2, 0.25) is 5.95 Å². The number of carbonyl (C=O) groups is 1. The van der Waals surface area contributed by atoms with Gasteiger partial charge in [0.25, 0.3) is 5.56 Å². The van der Waals surface area contributed by atoms with E-state index in [0.29, 0.717) is 0 Å². The topological polar surface area (TPSA) is 235 Å². The maximum absolute atomic E-state index is 12.2. The lowest BCUT2D eigenvalue weighted by molar-refractivity contribution is -0.343. The smallest absolute Gasteiger partial charge is 0.280 e. The number of aliphatic hydroxyl groups excluding tert-OH is 3. The molecule has 2 aromatic rings. The van der Waals surface area contributed by atoms with Crippen LogP contribution in [0.15, 0.2) is 11.1 Å². The van der Waals surface area contributed by atoms with Crippen LogP contribution in [0.2, 0.25) is 0 Å². The quantitative estimate of drug-likeness (QED) is 0.206. The monoisotopic (exact) mass is 433 g/mol. The van der Waals surface area contributed by atoms with E-state index in [2.05, 4.69) is 24.8 Å². The van der Waals surface area contributed by atoms with Crippen molar-refractivity contribution in [3.05, 3.63) is 16.7 Å². The number of aliphatic hydroxyl groups is 3. The van der Waals surface area contributed by atoms with E-state index in [-0.39, 0.29) is 17.1 Å². The largest absolute Gasteiger partial charge is 0.790 e. The number of hydrogen-bond acceptors (Lipinski definition) is 13. The molecule has 29 heavy (non-hydrogen) atoms. The number of imidazole rings is 1. The summed E-state index contributed by atoms with van der Waals surface area (Å²) in [5, 5.41) is 32.1. The van der Waals surface area contributed by atoms with Crippen molar-refractivity contribution >= 4 is 30.7 Å². The van der Waals surface area contributed by atoms with E-state index >= 15 is 0 Å². The molecule has 0 bridgehead atoms. The van der Waals surface area contributed by atoms with E-state index in [1.165, 1.54) is 0 Å². The van der Waals surface area contributed by atoms with Crippen molar-refractivity contribution < 1.29 is 43.7 Å². The first-order valence-corrected chi connectivity index (χ1v) is 9.54. The maximum Gasteiger partial charge on any atom is 0.280 e. The van der Waals surface area contributed by atoms with Gasteiger partial charge in [0.05, 0.1) is 20.8 Å². The van der Waals surface area contributed by atoms with Crippen LogP contribution in [0.1, 0.15) is 13.2 Å². The summed E-state index contributed by atoms with van der Waals surface area (Å²) in [5.74, 6) is -0.922. The average molecular weight is 433 g/mol. The van der Waals surface area contributed by atoms with Gasteiger partial charge in [-0.15, -0.1) is 0 Å². The average Bonchev–Trinajstić information content (AvgIpc) is 3.15. The normalized spacial score (nSPS) is 26.0. The predicted octanol–water partition coefficient (Wildman–Crippen LogP) is -4.10. The third-order valence-electron chi connectivity index (χ3n) is 4.10. The van der Waals surface area contributed by atoms with Crippen LogP contribution in [0.3, 0.4) is 0 Å². The Balaban J connectivity index is 1.91. The summed E-state index contributed by atoms with van der Waals surface area (Å²) in [6, 6.07) is 0. The molecule has 0 spiro atoms. The highest BCUT2D eigenvalue weighted by atomic mass is 31.2. The van der Waals surface area contributed by atoms with Gasteiger partial charge in [0.1, 0.15) is 18.3 Å². The van der Waals surface area contributed by atoms with Crippen molar-refractivity contribution in [3.63, 3.8) is 0 Å². The number of H-pyrrole nitrogens is 1. The van der Waals surface area contributed by atoms with Crippen molar-refractivity contribution in [1.29, 1.82) is 0 Å². The molecule has 1 fully saturated rings. The molecule has 16 heteroatoms. The number of ether oxygens (including phenoxy) is 1. The number of anilines is 1. The molecule has 5 atom stereocenters. The second kappa shape index (κ2) is 7.89. The molecule has 0 saturated carbocycles. The molecule has 15 nitrogen and oxygen atoms in total. The highest BCUT2D eigenvalue weighted by molar-refractivity contribution is 7.43. The molecular weight excluding hydrogens is 417 g/mol. The van der Waals surface area contributed by atoms with Gasteiger partial charge in [0.15, 0.2) is 29.4 Å². The molecule has 3 heterocycles. The number of ketones is 1. The first-order chi connectivity index (χ1) is 13.5. The van der Waals surface area contributed by atoms with Crippen LogP contribution in [0.25, 0.3) is 11.2 Å². The van der Waals surface area contributed by atoms with Crippen molar-refractivity contribution in [1.82, 2.24) is 19.5 Å². The lowest BCUT2D eigenvalue weighted by Gasteiger charge is -2.30. The second-order valence-corrected chi connectivity index (χ2v) is 7.34. The van der Waals surface area contributed by atoms with Gasteiger partial charge in [-0.2, -0.15) is 4.98 Å². The molecule has 160 valence electrons. The third-order valence-corrected chi connectivity index (χ3v) is 4.56. The number of rotatable bonds is 7. The molecule has 1 aliphatic rings. The Morgan fingerprint density at radius 2 is 2.17 bits per heavy atom. The molecule has 0 amide bonds. The number of aromatic amines is 1. The Labute approximate surface area is 161 Å². The van der Waals surface area contributed by atoms with Crippen LogP contribution >= 0.6 is 7.82 Å². The van der Waals surface area contributed by atoms with Crippen LogP contribution in [0.5, 0.6) is 0 Å². The highest BCUT2D eigenvalue weighted by Gasteiger charge is 2.44. The lowest BCUT2D eigenvalue weighted by Crippen LogP contribution is -2.34. The number of nitrogens with one attached hydrogen (secondary N) is 2. The molecule has 1 unspecified atom stereocenters. The fourth-order valence-electron chi connectivity index (χ4n) is 2.67. The Morgan fingerprint density at radius 3 is 2.79 bits per heavy atom. The maximum atomic E-state index is 12.2. The standard InChI is InChI=1S/C13H18N5O10P/c1-4(19)10(22)16-13-15-9-6(11(23)17-13)14-3-18(9)12-8(21)7(20)5(28-12)2-27-29(24,25)26/h3,5,7-8,10,12,20-22H,2H2,1H3,(H2,24,25,26)(H2,15,16,17,23)/p-2/t5-,7-,8-,10?,12-/m1/s1. The van der Waals surface area contributed by atoms with Crippen LogP contribution < -0.4 is 20.7 Å². The van der Waals surface area contributed by atoms with E-state index in [1.54, 1.807) is 0 Å². The summed E-state index contributed by atoms with van der Waals surface area (Å²) in [7, 11) is -5.33. The number of phosphoric acid groups is 1. The Bertz CT molecular complexity index is 1020. The minimum atomic E-state index is -5.33. The molecule has 1 aliphatic heterocycles. The number of nitrogens with zero attached hydrogens (tertiary/aromatic N) is 3. The van der Waals surface area contributed by atoms with Gasteiger partial charge < -0.3 is 44.2 Å². The molecular formula is C13H16N5O10P-2. The zero-order valence-corrected chi connectivity index (χ0v) is 15.6. The summed E-state index contributed by atoms with van der Waals surface area (Å²) >= 11 is 0. The summed E-state index contributed by atoms with van der Waals surface area (Å²) in [6.45, 7) is 0.269. The van der Waals surface area contributed by atoms with Gasteiger partial charge in [-0.25, -0.2) is 4.98 Å². The van der Waals surface area contributed by atoms with Crippen LogP contribution in [0.4, 0.5) is 5.95 Å². The van der Waals surface area contributed by atoms with E-state index < -0.39 is 56.5 Å². The molecule has 5 N–H and O–H groups in total. The fraction of sp³-hybridized carbons (Fsp3) is 0.538. The number of carbonyl (C=O) groups excluding carboxylic acids is 1. The number of fused-ring (bicyclic) bond motifs is 1. The van der Waals surface area contributed by atoms with E-state index in [9.17, 15) is 39.3 Å². The van der Waals surface area contributed by atoms with E-state index in [1.807, 2.05) is 0 Å². The number of hydrogen-bond donors (Lipinski definition) is 5. The molecule has 0 aromatic carbocycles. The van der Waals surface area contributed by atoms with Gasteiger partial charge in [-0.1, -0.05) is 0 Å². The van der Waals surface area contributed by atoms with Crippen molar-refractivity contribution in [3.8, 4) is 0 Å². The molecule has 1 saturated heterocycles. The van der Waals surface area contributed by atoms with Gasteiger partial charge in [-0.05, 0) is 6.92 Å². The van der Waals surface area contributed by atoms with Crippen LogP contribution in [0, 0.1) is 0 Å². The molecule has 2 aromatic heterocycles. The van der Waals surface area contributed by atoms with Gasteiger partial charge >= 0.3 is 0 Å². The van der Waals surface area contributed by atoms with Crippen LogP contribution in [-0.2, 0) is 18.6 Å². The lowest BCUT2D eigenvalue weighted by atomic mass is 10.1. The predicted molar refractivity (Wildman–Crippen MR) is 87.9 cm³/mol. The molecule has 0 aliphatic carbocycles. The third kappa shape index (κ3) is 4.52. The fourth-order valence-corrected chi connectivity index (χ4v) is 3.00. The minimum Gasteiger partial charge on any atom is -0.790 e. The number of phosphoric ester groups is 1. The van der Waals surface area contributed by atoms with Gasteiger partial charge in [-0.3, -0.25) is 19.1 Å². The van der Waals surface area contributed by atoms with Gasteiger partial charge in [0, 0.05) is 0 Å². The van der Waals surface area contributed by atoms with Crippen molar-refractivity contribution in [2.45, 2.75) is 37.7 Å². The number of Topliss-reactive ketones (excluding diaryl/α,β-unsaturated/α-hetero) is 1. The minimum absolute atomic E-state index is 0.136. The zero-order chi connectivity index (χ0) is 21.5. The van der Waals surface area contributed by atoms with E-state index in [0.717, 1.165) is 17.8 Å². The molecule has 0 radical (unpaired) electrons. The highest BCUT2D eigenvalue weighted by Crippen LogP contribution is 2.34. The molecule has 3 rings (SSSR count). The summed E-state index contributed by atoms with van der Waals surface area (Å²) < 4.78 is 21.1. The SMILES string of the molecule is CC(=O)C(O)Nc1nc2c(ncn2[C@@H]2O[C@H](COP(=O)([O-])[O-])[C@@H](O)[C@H]2O)c(=O)[nH]1. The Morgan fingerprint density at radius 1 is 1.48 bits per heavy atom. The van der Waals surface area contributed by atoms with Crippen molar-refractivity contribution in [2.24, 2.45) is 0 Å². The zero-order valence-electron chi connectivity index (χ0n) is 14.7. The second-order valence-electron chi connectivity index (χ2n) is 6.19. The Hall–Kier alpha value is -2.23. The first-order valence-electron chi connectivity index (χ1n) is 8.08.